The molecular weight excluding hydrogens is 459 g/mol. The van der Waals surface area contributed by atoms with Crippen molar-refractivity contribution >= 4 is 23.8 Å². The van der Waals surface area contributed by atoms with Crippen LogP contribution in [0, 0.1) is 17.1 Å². The Morgan fingerprint density at radius 1 is 1.26 bits per heavy atom. The lowest BCUT2D eigenvalue weighted by Crippen LogP contribution is -2.22. The molecule has 4 rings (SSSR count). The molecule has 0 spiro atoms. The molecule has 0 saturated carbocycles. The Morgan fingerprint density at radius 3 is 2.68 bits per heavy atom. The molecule has 2 heterocycles. The lowest BCUT2D eigenvalue weighted by Gasteiger charge is -2.19. The summed E-state index contributed by atoms with van der Waals surface area (Å²) in [7, 11) is 3.13. The number of benzene rings is 2. The van der Waals surface area contributed by atoms with Crippen molar-refractivity contribution in [1.29, 1.82) is 5.26 Å². The van der Waals surface area contributed by atoms with E-state index in [2.05, 4.69) is 20.2 Å². The van der Waals surface area contributed by atoms with Gasteiger partial charge in [-0.05, 0) is 54.6 Å². The minimum Gasteiger partial charge on any atom is -0.494 e. The maximum atomic E-state index is 13.4. The number of aromatic nitrogens is 3. The zero-order valence-corrected chi connectivity index (χ0v) is 19.5. The van der Waals surface area contributed by atoms with Crippen LogP contribution < -0.4 is 19.5 Å². The number of aryl methyl sites for hydroxylation is 1. The van der Waals surface area contributed by atoms with Gasteiger partial charge in [-0.2, -0.15) is 5.26 Å². The Morgan fingerprint density at radius 2 is 2.03 bits per heavy atom. The van der Waals surface area contributed by atoms with Crippen LogP contribution in [-0.4, -0.2) is 40.6 Å². The summed E-state index contributed by atoms with van der Waals surface area (Å²) in [5.74, 6) is 2.22. The molecule has 9 nitrogen and oxygen atoms in total. The quantitative estimate of drug-likeness (QED) is 0.352. The van der Waals surface area contributed by atoms with Crippen LogP contribution in [-0.2, 0) is 11.2 Å². The summed E-state index contributed by atoms with van der Waals surface area (Å²) in [6.45, 7) is 0. The molecule has 2 aromatic carbocycles. The molecule has 0 radical (unpaired) electrons. The number of carbonyl (C=O) groups is 1. The zero-order valence-electron chi connectivity index (χ0n) is 18.7. The van der Waals surface area contributed by atoms with Crippen LogP contribution in [0.2, 0.25) is 0 Å². The fourth-order valence-corrected chi connectivity index (χ4v) is 4.50. The number of nitriles is 1. The second-order valence-corrected chi connectivity index (χ2v) is 8.40. The number of rotatable bonds is 9. The molecule has 1 aromatic heterocycles. The number of carbonyl (C=O) groups excluding carboxylic acids is 1. The number of para-hydroxylation sites is 1. The first-order chi connectivity index (χ1) is 16.5. The second-order valence-electron chi connectivity index (χ2n) is 7.50. The Balaban J connectivity index is 1.61. The van der Waals surface area contributed by atoms with E-state index >= 15 is 0 Å². The van der Waals surface area contributed by atoms with Crippen LogP contribution in [0.3, 0.4) is 0 Å². The predicted molar refractivity (Wildman–Crippen MR) is 125 cm³/mol. The Bertz CT molecular complexity index is 1220. The van der Waals surface area contributed by atoms with Crippen LogP contribution in [0.25, 0.3) is 5.69 Å². The highest BCUT2D eigenvalue weighted by Gasteiger charge is 2.31. The van der Waals surface area contributed by atoms with Crippen molar-refractivity contribution in [1.82, 2.24) is 20.1 Å². The third kappa shape index (κ3) is 4.77. The van der Waals surface area contributed by atoms with E-state index in [0.29, 0.717) is 59.5 Å². The third-order valence-corrected chi connectivity index (χ3v) is 6.18. The first kappa shape index (κ1) is 23.4. The highest BCUT2D eigenvalue weighted by atomic mass is 32.2. The third-order valence-electron chi connectivity index (χ3n) is 5.45. The summed E-state index contributed by atoms with van der Waals surface area (Å²) >= 11 is 1.37. The van der Waals surface area contributed by atoms with E-state index in [1.165, 1.54) is 24.1 Å². The molecular formula is C23H23FN6O3S. The molecule has 3 aromatic rings. The number of hydrogen-bond acceptors (Lipinski definition) is 8. The summed E-state index contributed by atoms with van der Waals surface area (Å²) in [6.07, 6.45) is 1.57. The number of halogens is 1. The normalized spacial score (nSPS) is 15.0. The van der Waals surface area contributed by atoms with Gasteiger partial charge in [0.05, 0.1) is 31.9 Å². The smallest absolute Gasteiger partial charge is 0.239 e. The van der Waals surface area contributed by atoms with Gasteiger partial charge in [-0.3, -0.25) is 14.1 Å². The van der Waals surface area contributed by atoms with Gasteiger partial charge >= 0.3 is 0 Å². The first-order valence-electron chi connectivity index (χ1n) is 10.6. The highest BCUT2D eigenvalue weighted by molar-refractivity contribution is 8.00. The fourth-order valence-electron chi connectivity index (χ4n) is 3.82. The van der Waals surface area contributed by atoms with Gasteiger partial charge in [0.1, 0.15) is 23.0 Å². The van der Waals surface area contributed by atoms with Crippen molar-refractivity contribution in [2.45, 2.75) is 25.3 Å². The van der Waals surface area contributed by atoms with E-state index in [0.717, 1.165) is 5.56 Å². The summed E-state index contributed by atoms with van der Waals surface area (Å²) in [5.41, 5.74) is 1.70. The predicted octanol–water partition coefficient (Wildman–Crippen LogP) is 3.55. The van der Waals surface area contributed by atoms with E-state index < -0.39 is 5.82 Å². The van der Waals surface area contributed by atoms with Gasteiger partial charge in [-0.1, -0.05) is 12.1 Å². The number of amides is 1. The Hall–Kier alpha value is -3.78. The van der Waals surface area contributed by atoms with Gasteiger partial charge in [0.15, 0.2) is 5.82 Å². The highest BCUT2D eigenvalue weighted by Crippen LogP contribution is 2.38. The molecule has 1 aliphatic heterocycles. The molecule has 1 saturated heterocycles. The summed E-state index contributed by atoms with van der Waals surface area (Å²) in [6, 6.07) is 11.4. The number of anilines is 1. The molecule has 1 unspecified atom stereocenters. The van der Waals surface area contributed by atoms with E-state index in [1.54, 1.807) is 24.9 Å². The number of ether oxygens (including phenoxy) is 2. The van der Waals surface area contributed by atoms with Crippen LogP contribution in [0.4, 0.5) is 10.3 Å². The zero-order chi connectivity index (χ0) is 24.1. The first-order valence-corrected chi connectivity index (χ1v) is 11.6. The minimum absolute atomic E-state index is 0.0389. The number of nitrogens with one attached hydrogen (secondary N) is 2. The average molecular weight is 483 g/mol. The average Bonchev–Trinajstić information content (AvgIpc) is 3.47. The van der Waals surface area contributed by atoms with Crippen LogP contribution in [0.15, 0.2) is 36.4 Å². The van der Waals surface area contributed by atoms with E-state index in [-0.39, 0.29) is 11.9 Å². The summed E-state index contributed by atoms with van der Waals surface area (Å²) in [4.78, 5) is 11.9. The number of nitrogens with zero attached hydrogens (tertiary/aromatic N) is 4. The Kier molecular flexibility index (Phi) is 7.18. The Labute approximate surface area is 200 Å². The number of methoxy groups -OCH3 is 2. The molecule has 176 valence electrons. The molecule has 1 amide bonds. The minimum atomic E-state index is -0.434. The van der Waals surface area contributed by atoms with Gasteiger partial charge in [-0.15, -0.1) is 10.2 Å². The van der Waals surface area contributed by atoms with Crippen molar-refractivity contribution in [3.05, 3.63) is 59.2 Å². The molecule has 1 aliphatic rings. The van der Waals surface area contributed by atoms with Gasteiger partial charge in [-0.25, -0.2) is 4.39 Å². The maximum absolute atomic E-state index is 13.4. The molecule has 1 atom stereocenters. The van der Waals surface area contributed by atoms with E-state index in [4.69, 9.17) is 9.47 Å². The van der Waals surface area contributed by atoms with Crippen molar-refractivity contribution in [2.75, 3.05) is 24.7 Å². The van der Waals surface area contributed by atoms with Gasteiger partial charge in [0.2, 0.25) is 11.9 Å². The van der Waals surface area contributed by atoms with E-state index in [1.807, 2.05) is 24.3 Å². The molecule has 11 heteroatoms. The van der Waals surface area contributed by atoms with Crippen LogP contribution in [0.5, 0.6) is 11.5 Å². The topological polar surface area (TPSA) is 114 Å². The summed E-state index contributed by atoms with van der Waals surface area (Å²) in [5, 5.41) is 20.9. The molecule has 0 aliphatic carbocycles. The van der Waals surface area contributed by atoms with Crippen LogP contribution >= 0.6 is 11.9 Å². The van der Waals surface area contributed by atoms with Crippen molar-refractivity contribution in [3.63, 3.8) is 0 Å². The molecule has 34 heavy (non-hydrogen) atoms. The standard InChI is InChI=1S/C23H23FN6O3S/c1-32-18-4-3-5-19(33-2)21(18)30-22(17-8-9-20(31)26-17)27-28-23(30)29-34-11-10-14-6-7-16(24)12-15(14)13-25/h3-7,12,17H,8-11H2,1-2H3,(H,26,31)(H,28,29). The maximum Gasteiger partial charge on any atom is 0.239 e. The molecule has 0 bridgehead atoms. The van der Waals surface area contributed by atoms with Crippen molar-refractivity contribution in [3.8, 4) is 23.3 Å². The number of hydrogen-bond donors (Lipinski definition) is 2. The fraction of sp³-hybridized carbons (Fsp3) is 0.304. The molecule has 1 fully saturated rings. The van der Waals surface area contributed by atoms with Crippen molar-refractivity contribution < 1.29 is 18.7 Å². The summed E-state index contributed by atoms with van der Waals surface area (Å²) < 4.78 is 29.6. The lowest BCUT2D eigenvalue weighted by atomic mass is 10.1. The van der Waals surface area contributed by atoms with Gasteiger partial charge in [0, 0.05) is 12.2 Å². The van der Waals surface area contributed by atoms with Crippen LogP contribution in [0.1, 0.15) is 35.8 Å². The molecule has 2 N–H and O–H groups in total. The van der Waals surface area contributed by atoms with Crippen molar-refractivity contribution in [2.24, 2.45) is 0 Å². The SMILES string of the molecule is COc1cccc(OC)c1-n1c(NSCCc2ccc(F)cc2C#N)nnc1C1CCC(=O)N1. The van der Waals surface area contributed by atoms with E-state index in [9.17, 15) is 14.4 Å². The second kappa shape index (κ2) is 10.4. The largest absolute Gasteiger partial charge is 0.494 e. The van der Waals surface area contributed by atoms with Gasteiger partial charge < -0.3 is 14.8 Å². The van der Waals surface area contributed by atoms with Gasteiger partial charge in [0.25, 0.3) is 0 Å². The lowest BCUT2D eigenvalue weighted by molar-refractivity contribution is -0.119. The monoisotopic (exact) mass is 482 g/mol.